The molecule has 1 saturated heterocycles. The van der Waals surface area contributed by atoms with Crippen molar-refractivity contribution in [3.05, 3.63) is 23.9 Å². The minimum atomic E-state index is 0.237. The van der Waals surface area contributed by atoms with E-state index in [2.05, 4.69) is 20.9 Å². The van der Waals surface area contributed by atoms with Gasteiger partial charge in [-0.15, -0.1) is 0 Å². The first kappa shape index (κ1) is 17.2. The molecule has 0 spiro atoms. The van der Waals surface area contributed by atoms with Gasteiger partial charge in [0.25, 0.3) is 0 Å². The van der Waals surface area contributed by atoms with E-state index >= 15 is 0 Å². The second kappa shape index (κ2) is 8.46. The largest absolute Gasteiger partial charge is 0.396 e. The molecule has 1 aromatic rings. The lowest BCUT2D eigenvalue weighted by molar-refractivity contribution is 0.112. The van der Waals surface area contributed by atoms with Crippen molar-refractivity contribution in [2.45, 2.75) is 44.6 Å². The summed E-state index contributed by atoms with van der Waals surface area (Å²) in [6.45, 7) is 4.32. The van der Waals surface area contributed by atoms with Crippen LogP contribution in [-0.4, -0.2) is 53.8 Å². The van der Waals surface area contributed by atoms with Crippen molar-refractivity contribution in [2.75, 3.05) is 37.7 Å². The van der Waals surface area contributed by atoms with Crippen LogP contribution in [0.3, 0.4) is 0 Å². The molecule has 1 aliphatic heterocycles. The Balaban J connectivity index is 1.62. The van der Waals surface area contributed by atoms with Gasteiger partial charge in [-0.1, -0.05) is 19.3 Å². The lowest BCUT2D eigenvalue weighted by Gasteiger charge is -2.43. The number of piperazine rings is 1. The second-order valence-corrected chi connectivity index (χ2v) is 7.13. The highest BCUT2D eigenvalue weighted by Crippen LogP contribution is 2.27. The Morgan fingerprint density at radius 2 is 2.04 bits per heavy atom. The van der Waals surface area contributed by atoms with E-state index in [-0.39, 0.29) is 6.61 Å². The summed E-state index contributed by atoms with van der Waals surface area (Å²) in [5, 5.41) is 18.4. The van der Waals surface area contributed by atoms with E-state index in [0.29, 0.717) is 11.6 Å². The van der Waals surface area contributed by atoms with Gasteiger partial charge in [0, 0.05) is 45.0 Å². The molecule has 3 rings (SSSR count). The zero-order chi connectivity index (χ0) is 16.8. The fraction of sp³-hybridized carbons (Fsp3) is 0.684. The Bertz CT molecular complexity index is 547. The molecule has 2 heterocycles. The number of hydrogen-bond acceptors (Lipinski definition) is 5. The summed E-state index contributed by atoms with van der Waals surface area (Å²) in [7, 11) is 0. The molecule has 5 nitrogen and oxygen atoms in total. The van der Waals surface area contributed by atoms with Crippen LogP contribution < -0.4 is 4.90 Å². The van der Waals surface area contributed by atoms with Crippen molar-refractivity contribution in [2.24, 2.45) is 5.92 Å². The molecule has 0 radical (unpaired) electrons. The van der Waals surface area contributed by atoms with Gasteiger partial charge in [-0.3, -0.25) is 4.90 Å². The standard InChI is InChI=1S/C19H28N4O/c20-12-17-6-7-19(21-13-17)23-10-9-22(18(15-23)8-11-24)14-16-4-2-1-3-5-16/h6-7,13,16,18,24H,1-5,8-11,14-15H2/t18-/m1/s1. The van der Waals surface area contributed by atoms with Crippen LogP contribution in [0.2, 0.25) is 0 Å². The highest BCUT2D eigenvalue weighted by molar-refractivity contribution is 5.42. The normalized spacial score (nSPS) is 23.2. The molecular weight excluding hydrogens is 300 g/mol. The molecule has 2 aliphatic rings. The zero-order valence-electron chi connectivity index (χ0n) is 14.4. The van der Waals surface area contributed by atoms with Gasteiger partial charge < -0.3 is 10.0 Å². The molecule has 0 amide bonds. The smallest absolute Gasteiger partial charge is 0.128 e. The Morgan fingerprint density at radius 1 is 1.21 bits per heavy atom. The molecule has 1 saturated carbocycles. The van der Waals surface area contributed by atoms with Gasteiger partial charge in [-0.05, 0) is 37.3 Å². The number of aliphatic hydroxyl groups excluding tert-OH is 1. The molecular formula is C19H28N4O. The Labute approximate surface area is 144 Å². The van der Waals surface area contributed by atoms with E-state index < -0.39 is 0 Å². The SMILES string of the molecule is N#Cc1ccc(N2CCN(CC3CCCCC3)[C@H](CCO)C2)nc1. The van der Waals surface area contributed by atoms with Gasteiger partial charge in [0.15, 0.2) is 0 Å². The number of nitrogens with zero attached hydrogens (tertiary/aromatic N) is 4. The van der Waals surface area contributed by atoms with E-state index in [4.69, 9.17) is 5.26 Å². The Kier molecular flexibility index (Phi) is 6.06. The summed E-state index contributed by atoms with van der Waals surface area (Å²) in [6.07, 6.45) is 9.35. The molecule has 1 N–H and O–H groups in total. The molecule has 5 heteroatoms. The minimum Gasteiger partial charge on any atom is -0.396 e. The lowest BCUT2D eigenvalue weighted by Crippen LogP contribution is -2.55. The first-order chi connectivity index (χ1) is 11.8. The number of pyridine rings is 1. The molecule has 130 valence electrons. The minimum absolute atomic E-state index is 0.237. The second-order valence-electron chi connectivity index (χ2n) is 7.13. The third kappa shape index (κ3) is 4.25. The number of aliphatic hydroxyl groups is 1. The van der Waals surface area contributed by atoms with E-state index in [0.717, 1.165) is 37.8 Å². The van der Waals surface area contributed by atoms with Gasteiger partial charge in [0.05, 0.1) is 5.56 Å². The number of aromatic nitrogens is 1. The van der Waals surface area contributed by atoms with Crippen LogP contribution in [0.4, 0.5) is 5.82 Å². The van der Waals surface area contributed by atoms with E-state index in [1.165, 1.54) is 38.6 Å². The van der Waals surface area contributed by atoms with Crippen LogP contribution in [0.1, 0.15) is 44.1 Å². The van der Waals surface area contributed by atoms with Crippen molar-refractivity contribution in [3.63, 3.8) is 0 Å². The number of nitriles is 1. The Hall–Kier alpha value is -1.64. The number of anilines is 1. The maximum atomic E-state index is 9.47. The third-order valence-electron chi connectivity index (χ3n) is 5.49. The van der Waals surface area contributed by atoms with Crippen LogP contribution >= 0.6 is 0 Å². The van der Waals surface area contributed by atoms with E-state index in [9.17, 15) is 5.11 Å². The van der Waals surface area contributed by atoms with Gasteiger partial charge >= 0.3 is 0 Å². The van der Waals surface area contributed by atoms with Crippen LogP contribution in [0.15, 0.2) is 18.3 Å². The maximum absolute atomic E-state index is 9.47. The van der Waals surface area contributed by atoms with E-state index in [1.54, 1.807) is 6.20 Å². The first-order valence-electron chi connectivity index (χ1n) is 9.26. The predicted octanol–water partition coefficient (Wildman–Crippen LogP) is 2.41. The summed E-state index contributed by atoms with van der Waals surface area (Å²) >= 11 is 0. The van der Waals surface area contributed by atoms with Crippen LogP contribution in [0, 0.1) is 17.2 Å². The summed E-state index contributed by atoms with van der Waals surface area (Å²) in [4.78, 5) is 9.31. The summed E-state index contributed by atoms with van der Waals surface area (Å²) < 4.78 is 0. The number of rotatable bonds is 5. The molecule has 2 fully saturated rings. The van der Waals surface area contributed by atoms with Crippen LogP contribution in [-0.2, 0) is 0 Å². The average molecular weight is 328 g/mol. The highest BCUT2D eigenvalue weighted by atomic mass is 16.3. The molecule has 1 aromatic heterocycles. The van der Waals surface area contributed by atoms with Crippen molar-refractivity contribution >= 4 is 5.82 Å². The van der Waals surface area contributed by atoms with Crippen LogP contribution in [0.25, 0.3) is 0 Å². The zero-order valence-corrected chi connectivity index (χ0v) is 14.4. The lowest BCUT2D eigenvalue weighted by atomic mass is 9.88. The molecule has 1 aliphatic carbocycles. The fourth-order valence-electron chi connectivity index (χ4n) is 4.10. The predicted molar refractivity (Wildman–Crippen MR) is 94.8 cm³/mol. The monoisotopic (exact) mass is 328 g/mol. The summed E-state index contributed by atoms with van der Waals surface area (Å²) in [6, 6.07) is 6.28. The van der Waals surface area contributed by atoms with Crippen molar-refractivity contribution < 1.29 is 5.11 Å². The highest BCUT2D eigenvalue weighted by Gasteiger charge is 2.29. The molecule has 0 aromatic carbocycles. The van der Waals surface area contributed by atoms with Crippen molar-refractivity contribution in [3.8, 4) is 6.07 Å². The van der Waals surface area contributed by atoms with Crippen molar-refractivity contribution in [1.82, 2.24) is 9.88 Å². The van der Waals surface area contributed by atoms with Gasteiger partial charge in [-0.2, -0.15) is 5.26 Å². The van der Waals surface area contributed by atoms with Gasteiger partial charge in [0.1, 0.15) is 11.9 Å². The quantitative estimate of drug-likeness (QED) is 0.899. The van der Waals surface area contributed by atoms with Crippen LogP contribution in [0.5, 0.6) is 0 Å². The molecule has 0 unspecified atom stereocenters. The molecule has 24 heavy (non-hydrogen) atoms. The molecule has 0 bridgehead atoms. The summed E-state index contributed by atoms with van der Waals surface area (Å²) in [5.74, 6) is 1.77. The van der Waals surface area contributed by atoms with Crippen molar-refractivity contribution in [1.29, 1.82) is 5.26 Å². The molecule has 1 atom stereocenters. The average Bonchev–Trinajstić information content (AvgIpc) is 2.64. The van der Waals surface area contributed by atoms with Gasteiger partial charge in [-0.25, -0.2) is 4.98 Å². The third-order valence-corrected chi connectivity index (χ3v) is 5.49. The first-order valence-corrected chi connectivity index (χ1v) is 9.26. The Morgan fingerprint density at radius 3 is 2.71 bits per heavy atom. The maximum Gasteiger partial charge on any atom is 0.128 e. The number of hydrogen-bond donors (Lipinski definition) is 1. The fourth-order valence-corrected chi connectivity index (χ4v) is 4.10. The van der Waals surface area contributed by atoms with E-state index in [1.807, 2.05) is 12.1 Å². The topological polar surface area (TPSA) is 63.4 Å². The van der Waals surface area contributed by atoms with Gasteiger partial charge in [0.2, 0.25) is 0 Å². The summed E-state index contributed by atoms with van der Waals surface area (Å²) in [5.41, 5.74) is 0.599.